The molecule has 0 unspecified atom stereocenters. The monoisotopic (exact) mass is 267 g/mol. The number of nitrogens with one attached hydrogen (secondary N) is 1. The Hall–Kier alpha value is -2.55. The first-order valence-electron chi connectivity index (χ1n) is 6.43. The maximum absolute atomic E-state index is 11.0. The molecule has 0 spiro atoms. The highest BCUT2D eigenvalue weighted by molar-refractivity contribution is 5.72. The molecule has 0 radical (unpaired) electrons. The quantitative estimate of drug-likeness (QED) is 0.832. The molecule has 2 rings (SSSR count). The number of rotatable bonds is 5. The maximum Gasteiger partial charge on any atom is 0.309 e. The van der Waals surface area contributed by atoms with Gasteiger partial charge in [0.1, 0.15) is 0 Å². The Kier molecular flexibility index (Phi) is 4.95. The second-order valence-electron chi connectivity index (χ2n) is 4.30. The summed E-state index contributed by atoms with van der Waals surface area (Å²) in [5, 5.41) is 3.32. The summed E-state index contributed by atoms with van der Waals surface area (Å²) >= 11 is 0. The molecule has 0 heterocycles. The summed E-state index contributed by atoms with van der Waals surface area (Å²) < 4.78 is 4.57. The number of hydrogen-bond acceptors (Lipinski definition) is 3. The van der Waals surface area contributed by atoms with E-state index in [9.17, 15) is 4.79 Å². The fourth-order valence-electron chi connectivity index (χ4n) is 1.74. The molecular formula is C17H17NO2. The number of methoxy groups -OCH3 is 1. The van der Waals surface area contributed by atoms with Gasteiger partial charge in [-0.15, -0.1) is 0 Å². The molecule has 0 aliphatic carbocycles. The van der Waals surface area contributed by atoms with Crippen molar-refractivity contribution in [1.29, 1.82) is 0 Å². The van der Waals surface area contributed by atoms with E-state index in [0.717, 1.165) is 16.9 Å². The third-order valence-electron chi connectivity index (χ3n) is 2.80. The van der Waals surface area contributed by atoms with Gasteiger partial charge < -0.3 is 10.1 Å². The van der Waals surface area contributed by atoms with Gasteiger partial charge in [0, 0.05) is 11.4 Å². The van der Waals surface area contributed by atoms with Crippen molar-refractivity contribution in [3.05, 3.63) is 66.2 Å². The van der Waals surface area contributed by atoms with E-state index < -0.39 is 0 Å². The molecule has 0 saturated carbocycles. The molecule has 0 aromatic heterocycles. The predicted molar refractivity (Wildman–Crippen MR) is 81.8 cm³/mol. The molecule has 0 atom stereocenters. The highest BCUT2D eigenvalue weighted by Crippen LogP contribution is 2.17. The average molecular weight is 267 g/mol. The molecule has 0 amide bonds. The van der Waals surface area contributed by atoms with Gasteiger partial charge in [-0.05, 0) is 29.8 Å². The lowest BCUT2D eigenvalue weighted by Crippen LogP contribution is -1.96. The van der Waals surface area contributed by atoms with Crippen molar-refractivity contribution < 1.29 is 9.53 Å². The molecule has 1 N–H and O–H groups in total. The zero-order valence-electron chi connectivity index (χ0n) is 11.4. The topological polar surface area (TPSA) is 38.3 Å². The van der Waals surface area contributed by atoms with Gasteiger partial charge in [-0.3, -0.25) is 4.79 Å². The van der Waals surface area contributed by atoms with Crippen LogP contribution in [0.5, 0.6) is 0 Å². The molecule has 20 heavy (non-hydrogen) atoms. The van der Waals surface area contributed by atoms with Gasteiger partial charge in [0.25, 0.3) is 0 Å². The zero-order chi connectivity index (χ0) is 14.2. The van der Waals surface area contributed by atoms with E-state index >= 15 is 0 Å². The molecule has 0 aliphatic heterocycles. The standard InChI is InChI=1S/C17H17NO2/c1-20-17(19)9-5-6-14-10-12-16(13-11-14)18-15-7-3-2-4-8-15/h2-8,10-13,18H,9H2,1H3. The van der Waals surface area contributed by atoms with Gasteiger partial charge in [0.2, 0.25) is 0 Å². The SMILES string of the molecule is COC(=O)CC=Cc1ccc(Nc2ccccc2)cc1. The zero-order valence-corrected chi connectivity index (χ0v) is 11.4. The average Bonchev–Trinajstić information content (AvgIpc) is 2.50. The highest BCUT2D eigenvalue weighted by Gasteiger charge is 1.95. The lowest BCUT2D eigenvalue weighted by molar-refractivity contribution is -0.139. The number of para-hydroxylation sites is 1. The van der Waals surface area contributed by atoms with Crippen LogP contribution in [-0.2, 0) is 9.53 Å². The van der Waals surface area contributed by atoms with Crippen LogP contribution < -0.4 is 5.32 Å². The van der Waals surface area contributed by atoms with Crippen LogP contribution in [-0.4, -0.2) is 13.1 Å². The number of esters is 1. The van der Waals surface area contributed by atoms with Crippen LogP contribution in [0.25, 0.3) is 6.08 Å². The molecule has 0 bridgehead atoms. The maximum atomic E-state index is 11.0. The molecule has 102 valence electrons. The van der Waals surface area contributed by atoms with Crippen molar-refractivity contribution >= 4 is 23.4 Å². The van der Waals surface area contributed by atoms with Gasteiger partial charge in [-0.2, -0.15) is 0 Å². The lowest BCUT2D eigenvalue weighted by atomic mass is 10.2. The molecule has 3 heteroatoms. The van der Waals surface area contributed by atoms with Crippen LogP contribution in [0.1, 0.15) is 12.0 Å². The fraction of sp³-hybridized carbons (Fsp3) is 0.118. The van der Waals surface area contributed by atoms with Crippen LogP contribution >= 0.6 is 0 Å². The Morgan fingerprint density at radius 1 is 1.05 bits per heavy atom. The van der Waals surface area contributed by atoms with E-state index in [2.05, 4.69) is 10.1 Å². The highest BCUT2D eigenvalue weighted by atomic mass is 16.5. The first kappa shape index (κ1) is 13.9. The molecule has 0 saturated heterocycles. The summed E-state index contributed by atoms with van der Waals surface area (Å²) in [5.74, 6) is -0.233. The number of carbonyl (C=O) groups excluding carboxylic acids is 1. The van der Waals surface area contributed by atoms with Crippen LogP contribution in [0.2, 0.25) is 0 Å². The number of hydrogen-bond donors (Lipinski definition) is 1. The van der Waals surface area contributed by atoms with Crippen molar-refractivity contribution in [3.63, 3.8) is 0 Å². The van der Waals surface area contributed by atoms with E-state index in [-0.39, 0.29) is 5.97 Å². The van der Waals surface area contributed by atoms with Gasteiger partial charge in [0.05, 0.1) is 13.5 Å². The van der Waals surface area contributed by atoms with E-state index in [1.807, 2.05) is 60.7 Å². The summed E-state index contributed by atoms with van der Waals surface area (Å²) in [6.07, 6.45) is 4.00. The van der Waals surface area contributed by atoms with Crippen molar-refractivity contribution in [1.82, 2.24) is 0 Å². The largest absolute Gasteiger partial charge is 0.469 e. The summed E-state index contributed by atoms with van der Waals surface area (Å²) in [5.41, 5.74) is 3.13. The van der Waals surface area contributed by atoms with E-state index in [1.54, 1.807) is 6.08 Å². The fourth-order valence-corrected chi connectivity index (χ4v) is 1.74. The Bertz CT molecular complexity index is 574. The number of ether oxygens (including phenoxy) is 1. The van der Waals surface area contributed by atoms with E-state index in [1.165, 1.54) is 7.11 Å². The van der Waals surface area contributed by atoms with Gasteiger partial charge in [-0.25, -0.2) is 0 Å². The summed E-state index contributed by atoms with van der Waals surface area (Å²) in [4.78, 5) is 11.0. The molecule has 2 aromatic carbocycles. The van der Waals surface area contributed by atoms with E-state index in [0.29, 0.717) is 6.42 Å². The number of anilines is 2. The first-order valence-corrected chi connectivity index (χ1v) is 6.43. The molecule has 0 fully saturated rings. The Morgan fingerprint density at radius 2 is 1.70 bits per heavy atom. The second-order valence-corrected chi connectivity index (χ2v) is 4.30. The molecule has 0 aliphatic rings. The summed E-state index contributed by atoms with van der Waals surface area (Å²) in [6.45, 7) is 0. The van der Waals surface area contributed by atoms with Crippen LogP contribution in [0, 0.1) is 0 Å². The minimum absolute atomic E-state index is 0.233. The summed E-state index contributed by atoms with van der Waals surface area (Å²) in [7, 11) is 1.39. The summed E-state index contributed by atoms with van der Waals surface area (Å²) in [6, 6.07) is 18.0. The third kappa shape index (κ3) is 4.28. The van der Waals surface area contributed by atoms with Crippen molar-refractivity contribution in [2.24, 2.45) is 0 Å². The smallest absolute Gasteiger partial charge is 0.309 e. The van der Waals surface area contributed by atoms with Crippen molar-refractivity contribution in [3.8, 4) is 0 Å². The Balaban J connectivity index is 1.94. The Labute approximate surface area is 118 Å². The lowest BCUT2D eigenvalue weighted by Gasteiger charge is -2.06. The van der Waals surface area contributed by atoms with Gasteiger partial charge >= 0.3 is 5.97 Å². The van der Waals surface area contributed by atoms with Crippen LogP contribution in [0.15, 0.2) is 60.7 Å². The van der Waals surface area contributed by atoms with E-state index in [4.69, 9.17) is 0 Å². The molecular weight excluding hydrogens is 250 g/mol. The normalized spacial score (nSPS) is 10.4. The van der Waals surface area contributed by atoms with Gasteiger partial charge in [0.15, 0.2) is 0 Å². The molecule has 3 nitrogen and oxygen atoms in total. The first-order chi connectivity index (χ1) is 9.78. The Morgan fingerprint density at radius 3 is 2.35 bits per heavy atom. The van der Waals surface area contributed by atoms with Crippen LogP contribution in [0.3, 0.4) is 0 Å². The van der Waals surface area contributed by atoms with Crippen molar-refractivity contribution in [2.75, 3.05) is 12.4 Å². The van der Waals surface area contributed by atoms with Crippen LogP contribution in [0.4, 0.5) is 11.4 Å². The minimum atomic E-state index is -0.233. The second kappa shape index (κ2) is 7.14. The third-order valence-corrected chi connectivity index (χ3v) is 2.80. The number of carbonyl (C=O) groups is 1. The van der Waals surface area contributed by atoms with Crippen molar-refractivity contribution in [2.45, 2.75) is 6.42 Å². The molecule has 2 aromatic rings. The predicted octanol–water partition coefficient (Wildman–Crippen LogP) is 4.01. The minimum Gasteiger partial charge on any atom is -0.469 e. The van der Waals surface area contributed by atoms with Gasteiger partial charge in [-0.1, -0.05) is 42.5 Å². The number of benzene rings is 2.